The van der Waals surface area contributed by atoms with Crippen LogP contribution in [0.4, 0.5) is 4.79 Å². The van der Waals surface area contributed by atoms with Crippen LogP contribution in [0, 0.1) is 0 Å². The van der Waals surface area contributed by atoms with Gasteiger partial charge in [0.15, 0.2) is 0 Å². The minimum Gasteiger partial charge on any atom is -0.428 e. The molecule has 0 spiro atoms. The summed E-state index contributed by atoms with van der Waals surface area (Å²) < 4.78 is 10.9. The summed E-state index contributed by atoms with van der Waals surface area (Å²) in [5, 5.41) is 0.810. The zero-order chi connectivity index (χ0) is 17.9. The van der Waals surface area contributed by atoms with E-state index in [-0.39, 0.29) is 6.42 Å². The van der Waals surface area contributed by atoms with Crippen molar-refractivity contribution in [3.63, 3.8) is 0 Å². The number of benzene rings is 1. The first-order valence-electron chi connectivity index (χ1n) is 7.45. The van der Waals surface area contributed by atoms with Gasteiger partial charge in [-0.05, 0) is 32.4 Å². The summed E-state index contributed by atoms with van der Waals surface area (Å²) in [4.78, 5) is 34.6. The Labute approximate surface area is 139 Å². The lowest BCUT2D eigenvalue weighted by atomic mass is 10.1. The fourth-order valence-corrected chi connectivity index (χ4v) is 2.28. The van der Waals surface area contributed by atoms with Gasteiger partial charge in [-0.3, -0.25) is 9.36 Å². The molecule has 128 valence electrons. The average molecular weight is 332 g/mol. The second kappa shape index (κ2) is 6.84. The van der Waals surface area contributed by atoms with Crippen molar-refractivity contribution in [2.75, 3.05) is 0 Å². The Morgan fingerprint density at radius 1 is 1.29 bits per heavy atom. The zero-order valence-electron chi connectivity index (χ0n) is 13.8. The van der Waals surface area contributed by atoms with Crippen LogP contribution in [-0.4, -0.2) is 34.7 Å². The second-order valence-corrected chi connectivity index (χ2v) is 6.38. The standard InChI is InChI=1S/C17H20N2O5/c1-17(2,3)24-16(22)23-15(21)13(18)8-11-9-19(10-20)14-7-5-4-6-12(11)14/h4-7,9-10,13H,8,18H2,1-3H3/t13-/m0/s1. The molecular formula is C17H20N2O5. The zero-order valence-corrected chi connectivity index (χ0v) is 13.8. The van der Waals surface area contributed by atoms with Crippen LogP contribution >= 0.6 is 0 Å². The van der Waals surface area contributed by atoms with Gasteiger partial charge in [0.25, 0.3) is 0 Å². The largest absolute Gasteiger partial charge is 0.516 e. The van der Waals surface area contributed by atoms with E-state index in [1.807, 2.05) is 18.2 Å². The van der Waals surface area contributed by atoms with Crippen molar-refractivity contribution in [1.29, 1.82) is 0 Å². The van der Waals surface area contributed by atoms with Crippen LogP contribution in [0.3, 0.4) is 0 Å². The van der Waals surface area contributed by atoms with E-state index < -0.39 is 23.8 Å². The predicted octanol–water partition coefficient (Wildman–Crippen LogP) is 2.03. The van der Waals surface area contributed by atoms with E-state index in [9.17, 15) is 14.4 Å². The van der Waals surface area contributed by atoms with Gasteiger partial charge in [-0.1, -0.05) is 18.2 Å². The average Bonchev–Trinajstić information content (AvgIpc) is 2.83. The van der Waals surface area contributed by atoms with Gasteiger partial charge in [-0.2, -0.15) is 0 Å². The van der Waals surface area contributed by atoms with Gasteiger partial charge in [-0.15, -0.1) is 0 Å². The summed E-state index contributed by atoms with van der Waals surface area (Å²) in [7, 11) is 0. The molecular weight excluding hydrogens is 312 g/mol. The van der Waals surface area contributed by atoms with Crippen LogP contribution < -0.4 is 5.73 Å². The van der Waals surface area contributed by atoms with Crippen molar-refractivity contribution in [3.05, 3.63) is 36.0 Å². The maximum atomic E-state index is 11.9. The minimum absolute atomic E-state index is 0.128. The molecule has 0 amide bonds. The van der Waals surface area contributed by atoms with Gasteiger partial charge >= 0.3 is 12.1 Å². The van der Waals surface area contributed by atoms with Crippen molar-refractivity contribution >= 4 is 29.4 Å². The van der Waals surface area contributed by atoms with Crippen LogP contribution in [0.1, 0.15) is 26.3 Å². The first kappa shape index (κ1) is 17.7. The molecule has 0 aliphatic rings. The van der Waals surface area contributed by atoms with E-state index >= 15 is 0 Å². The van der Waals surface area contributed by atoms with Crippen molar-refractivity contribution in [1.82, 2.24) is 4.57 Å². The molecule has 0 bridgehead atoms. The van der Waals surface area contributed by atoms with Gasteiger partial charge in [0, 0.05) is 18.0 Å². The van der Waals surface area contributed by atoms with Crippen LogP contribution in [-0.2, 0) is 25.5 Å². The maximum Gasteiger partial charge on any atom is 0.516 e. The van der Waals surface area contributed by atoms with Crippen LogP contribution in [0.25, 0.3) is 10.9 Å². The number of para-hydroxylation sites is 1. The number of rotatable bonds is 4. The van der Waals surface area contributed by atoms with Crippen molar-refractivity contribution < 1.29 is 23.9 Å². The van der Waals surface area contributed by atoms with Crippen molar-refractivity contribution in [2.45, 2.75) is 38.8 Å². The molecule has 1 aromatic heterocycles. The van der Waals surface area contributed by atoms with E-state index in [0.29, 0.717) is 12.0 Å². The molecule has 0 saturated heterocycles. The van der Waals surface area contributed by atoms with Gasteiger partial charge in [0.2, 0.25) is 6.41 Å². The van der Waals surface area contributed by atoms with Crippen molar-refractivity contribution in [2.24, 2.45) is 5.73 Å². The molecule has 2 rings (SSSR count). The molecule has 7 heteroatoms. The summed E-state index contributed by atoms with van der Waals surface area (Å²) in [6.07, 6.45) is 1.33. The Balaban J connectivity index is 2.09. The lowest BCUT2D eigenvalue weighted by Gasteiger charge is -2.19. The minimum atomic E-state index is -1.08. The third kappa shape index (κ3) is 4.20. The summed E-state index contributed by atoms with van der Waals surface area (Å²) in [6.45, 7) is 4.98. The molecule has 7 nitrogen and oxygen atoms in total. The summed E-state index contributed by atoms with van der Waals surface area (Å²) in [5.74, 6) is -0.882. The highest BCUT2D eigenvalue weighted by Crippen LogP contribution is 2.21. The number of nitrogens with two attached hydrogens (primary N) is 1. The number of carbonyl (C=O) groups excluding carboxylic acids is 3. The molecule has 24 heavy (non-hydrogen) atoms. The molecule has 0 radical (unpaired) electrons. The number of esters is 1. The Hall–Kier alpha value is -2.67. The van der Waals surface area contributed by atoms with Gasteiger partial charge < -0.3 is 15.2 Å². The fraction of sp³-hybridized carbons (Fsp3) is 0.353. The molecule has 0 unspecified atom stereocenters. The smallest absolute Gasteiger partial charge is 0.428 e. The molecule has 1 atom stereocenters. The Kier molecular flexibility index (Phi) is 5.04. The van der Waals surface area contributed by atoms with Gasteiger partial charge in [0.05, 0.1) is 5.52 Å². The maximum absolute atomic E-state index is 11.9. The Morgan fingerprint density at radius 2 is 1.96 bits per heavy atom. The predicted molar refractivity (Wildman–Crippen MR) is 88.1 cm³/mol. The quantitative estimate of drug-likeness (QED) is 0.522. The van der Waals surface area contributed by atoms with Gasteiger partial charge in [0.1, 0.15) is 11.6 Å². The van der Waals surface area contributed by atoms with E-state index in [1.54, 1.807) is 33.0 Å². The Bertz CT molecular complexity index is 773. The SMILES string of the molecule is CC(C)(C)OC(=O)OC(=O)[C@@H](N)Cc1cn(C=O)c2ccccc12. The first-order valence-corrected chi connectivity index (χ1v) is 7.45. The molecule has 1 aromatic carbocycles. The number of fused-ring (bicyclic) bond motifs is 1. The van der Waals surface area contributed by atoms with E-state index in [1.165, 1.54) is 4.57 Å². The number of carbonyl (C=O) groups is 3. The molecule has 0 aliphatic carbocycles. The monoisotopic (exact) mass is 332 g/mol. The molecule has 2 N–H and O–H groups in total. The van der Waals surface area contributed by atoms with Crippen LogP contribution in [0.5, 0.6) is 0 Å². The summed E-state index contributed by atoms with van der Waals surface area (Å²) in [5.41, 5.74) is 6.49. The lowest BCUT2D eigenvalue weighted by Crippen LogP contribution is -2.37. The second-order valence-electron chi connectivity index (χ2n) is 6.38. The van der Waals surface area contributed by atoms with E-state index in [0.717, 1.165) is 10.9 Å². The molecule has 0 fully saturated rings. The topological polar surface area (TPSA) is 101 Å². The molecule has 2 aromatic rings. The highest BCUT2D eigenvalue weighted by Gasteiger charge is 2.25. The lowest BCUT2D eigenvalue weighted by molar-refractivity contribution is -0.142. The number of hydrogen-bond donors (Lipinski definition) is 1. The highest BCUT2D eigenvalue weighted by atomic mass is 16.7. The number of aromatic nitrogens is 1. The Morgan fingerprint density at radius 3 is 2.58 bits per heavy atom. The first-order chi connectivity index (χ1) is 11.2. The normalized spacial score (nSPS) is 12.7. The van der Waals surface area contributed by atoms with Crippen LogP contribution in [0.2, 0.25) is 0 Å². The van der Waals surface area contributed by atoms with E-state index in [4.69, 9.17) is 10.5 Å². The number of nitrogens with zero attached hydrogens (tertiary/aromatic N) is 1. The third-order valence-electron chi connectivity index (χ3n) is 3.25. The third-order valence-corrected chi connectivity index (χ3v) is 3.25. The highest BCUT2D eigenvalue weighted by molar-refractivity contribution is 5.90. The van der Waals surface area contributed by atoms with E-state index in [2.05, 4.69) is 4.74 Å². The number of ether oxygens (including phenoxy) is 2. The summed E-state index contributed by atoms with van der Waals surface area (Å²) in [6, 6.07) is 6.20. The van der Waals surface area contributed by atoms with Gasteiger partial charge in [-0.25, -0.2) is 9.59 Å². The fourth-order valence-electron chi connectivity index (χ4n) is 2.28. The number of hydrogen-bond acceptors (Lipinski definition) is 6. The van der Waals surface area contributed by atoms with Crippen molar-refractivity contribution in [3.8, 4) is 0 Å². The molecule has 1 heterocycles. The van der Waals surface area contributed by atoms with Crippen LogP contribution in [0.15, 0.2) is 30.5 Å². The molecule has 0 saturated carbocycles. The summed E-state index contributed by atoms with van der Waals surface area (Å²) >= 11 is 0. The molecule has 0 aliphatic heterocycles.